The van der Waals surface area contributed by atoms with Crippen molar-refractivity contribution >= 4 is 15.9 Å². The number of nitrogens with zero attached hydrogens (tertiary/aromatic N) is 5. The normalized spacial score (nSPS) is 18.1. The fourth-order valence-electron chi connectivity index (χ4n) is 3.51. The summed E-state index contributed by atoms with van der Waals surface area (Å²) in [4.78, 5) is 14.5. The molecule has 2 aliphatic rings. The molecule has 1 amide bonds. The van der Waals surface area contributed by atoms with Gasteiger partial charge in [0.15, 0.2) is 0 Å². The minimum absolute atomic E-state index is 0.0645. The van der Waals surface area contributed by atoms with Gasteiger partial charge in [-0.2, -0.15) is 4.31 Å². The molecule has 2 aromatic rings. The van der Waals surface area contributed by atoms with Gasteiger partial charge in [-0.3, -0.25) is 4.79 Å². The van der Waals surface area contributed by atoms with Gasteiger partial charge < -0.3 is 9.64 Å². The quantitative estimate of drug-likeness (QED) is 0.709. The number of amides is 1. The number of ether oxygens (including phenoxy) is 1. The van der Waals surface area contributed by atoms with Crippen LogP contribution in [0.3, 0.4) is 0 Å². The number of morpholine rings is 1. The maximum Gasteiger partial charge on any atom is 0.243 e. The van der Waals surface area contributed by atoms with Crippen molar-refractivity contribution in [1.82, 2.24) is 24.2 Å². The van der Waals surface area contributed by atoms with E-state index in [0.717, 1.165) is 5.69 Å². The molecular formula is C18H23N5O4S. The van der Waals surface area contributed by atoms with Crippen molar-refractivity contribution in [2.75, 3.05) is 32.8 Å². The number of carbonyl (C=O) groups excluding carboxylic acids is 1. The topological polar surface area (TPSA) is 97.6 Å². The minimum Gasteiger partial charge on any atom is -0.378 e. The van der Waals surface area contributed by atoms with Crippen LogP contribution in [0.1, 0.15) is 17.8 Å². The largest absolute Gasteiger partial charge is 0.378 e. The third-order valence-electron chi connectivity index (χ3n) is 5.13. The van der Waals surface area contributed by atoms with Crippen LogP contribution in [0.4, 0.5) is 0 Å². The first-order valence-corrected chi connectivity index (χ1v) is 10.8. The highest BCUT2D eigenvalue weighted by molar-refractivity contribution is 7.89. The highest BCUT2D eigenvalue weighted by Crippen LogP contribution is 2.23. The van der Waals surface area contributed by atoms with Gasteiger partial charge in [-0.05, 0) is 12.1 Å². The van der Waals surface area contributed by atoms with Crippen LogP contribution in [0.15, 0.2) is 35.2 Å². The predicted molar refractivity (Wildman–Crippen MR) is 99.8 cm³/mol. The van der Waals surface area contributed by atoms with E-state index in [1.165, 1.54) is 4.31 Å². The molecule has 1 aromatic heterocycles. The Morgan fingerprint density at radius 3 is 2.57 bits per heavy atom. The lowest BCUT2D eigenvalue weighted by Gasteiger charge is -2.27. The van der Waals surface area contributed by atoms with E-state index >= 15 is 0 Å². The van der Waals surface area contributed by atoms with Crippen LogP contribution >= 0.6 is 0 Å². The Labute approximate surface area is 163 Å². The van der Waals surface area contributed by atoms with Crippen molar-refractivity contribution < 1.29 is 17.9 Å². The molecule has 4 rings (SSSR count). The first kappa shape index (κ1) is 19.0. The van der Waals surface area contributed by atoms with E-state index < -0.39 is 10.0 Å². The van der Waals surface area contributed by atoms with Gasteiger partial charge in [-0.1, -0.05) is 23.4 Å². The molecule has 10 heteroatoms. The van der Waals surface area contributed by atoms with Gasteiger partial charge in [0, 0.05) is 32.5 Å². The van der Waals surface area contributed by atoms with Crippen molar-refractivity contribution in [2.24, 2.45) is 0 Å². The molecule has 0 radical (unpaired) electrons. The summed E-state index contributed by atoms with van der Waals surface area (Å²) in [6.07, 6.45) is 0.780. The van der Waals surface area contributed by atoms with Gasteiger partial charge in [0.25, 0.3) is 0 Å². The number of benzene rings is 1. The summed E-state index contributed by atoms with van der Waals surface area (Å²) >= 11 is 0. The fraction of sp³-hybridized carbons (Fsp3) is 0.500. The van der Waals surface area contributed by atoms with Gasteiger partial charge in [-0.25, -0.2) is 13.1 Å². The summed E-state index contributed by atoms with van der Waals surface area (Å²) in [5, 5.41) is 8.34. The van der Waals surface area contributed by atoms with Crippen LogP contribution in [0.25, 0.3) is 0 Å². The van der Waals surface area contributed by atoms with Gasteiger partial charge in [0.1, 0.15) is 0 Å². The van der Waals surface area contributed by atoms with Crippen LogP contribution < -0.4 is 0 Å². The first-order valence-electron chi connectivity index (χ1n) is 9.37. The van der Waals surface area contributed by atoms with E-state index in [9.17, 15) is 13.2 Å². The monoisotopic (exact) mass is 405 g/mol. The van der Waals surface area contributed by atoms with Gasteiger partial charge in [0.2, 0.25) is 15.9 Å². The van der Waals surface area contributed by atoms with E-state index in [-0.39, 0.29) is 17.3 Å². The lowest BCUT2D eigenvalue weighted by molar-refractivity contribution is -0.135. The van der Waals surface area contributed by atoms with Crippen LogP contribution in [-0.4, -0.2) is 71.4 Å². The highest BCUT2D eigenvalue weighted by Gasteiger charge is 2.31. The van der Waals surface area contributed by atoms with Crippen molar-refractivity contribution in [2.45, 2.75) is 30.8 Å². The number of hydrogen-bond donors (Lipinski definition) is 0. The molecule has 0 spiro atoms. The second kappa shape index (κ2) is 7.98. The van der Waals surface area contributed by atoms with Crippen molar-refractivity contribution in [3.63, 3.8) is 0 Å². The lowest BCUT2D eigenvalue weighted by atomic mass is 10.1. The summed E-state index contributed by atoms with van der Waals surface area (Å²) in [5.74, 6) is 0.0645. The van der Waals surface area contributed by atoms with Crippen molar-refractivity contribution in [1.29, 1.82) is 0 Å². The van der Waals surface area contributed by atoms with Gasteiger partial charge in [-0.15, -0.1) is 5.10 Å². The zero-order valence-electron chi connectivity index (χ0n) is 15.5. The average Bonchev–Trinajstić information content (AvgIpc) is 3.15. The molecule has 150 valence electrons. The molecule has 9 nitrogen and oxygen atoms in total. The SMILES string of the molecule is O=C(CCc1nnn2c1CN(S(=O)(=O)c1ccccc1)CC2)N1CCOCC1. The fourth-order valence-corrected chi connectivity index (χ4v) is 4.92. The predicted octanol–water partition coefficient (Wildman–Crippen LogP) is 0.274. The van der Waals surface area contributed by atoms with E-state index in [4.69, 9.17) is 4.74 Å². The molecular weight excluding hydrogens is 382 g/mol. The second-order valence-electron chi connectivity index (χ2n) is 6.85. The Morgan fingerprint density at radius 2 is 1.82 bits per heavy atom. The highest BCUT2D eigenvalue weighted by atomic mass is 32.2. The number of hydrogen-bond acceptors (Lipinski definition) is 6. The number of rotatable bonds is 5. The third-order valence-corrected chi connectivity index (χ3v) is 6.99. The molecule has 1 fully saturated rings. The van der Waals surface area contributed by atoms with Gasteiger partial charge >= 0.3 is 0 Å². The zero-order chi connectivity index (χ0) is 19.6. The number of sulfonamides is 1. The third kappa shape index (κ3) is 3.80. The van der Waals surface area contributed by atoms with Gasteiger partial charge in [0.05, 0.1) is 42.6 Å². The summed E-state index contributed by atoms with van der Waals surface area (Å²) in [7, 11) is -3.57. The molecule has 0 unspecified atom stereocenters. The second-order valence-corrected chi connectivity index (χ2v) is 8.79. The maximum atomic E-state index is 12.9. The molecule has 28 heavy (non-hydrogen) atoms. The molecule has 1 saturated heterocycles. The Kier molecular flexibility index (Phi) is 5.42. The van der Waals surface area contributed by atoms with E-state index in [1.54, 1.807) is 39.9 Å². The summed E-state index contributed by atoms with van der Waals surface area (Å²) < 4.78 is 34.3. The molecule has 0 atom stereocenters. The maximum absolute atomic E-state index is 12.9. The molecule has 1 aromatic carbocycles. The van der Waals surface area contributed by atoms with Crippen LogP contribution in [-0.2, 0) is 39.1 Å². The number of carbonyl (C=O) groups is 1. The van der Waals surface area contributed by atoms with Crippen LogP contribution in [0.2, 0.25) is 0 Å². The Morgan fingerprint density at radius 1 is 1.07 bits per heavy atom. The zero-order valence-corrected chi connectivity index (χ0v) is 16.3. The molecule has 0 bridgehead atoms. The number of aryl methyl sites for hydroxylation is 1. The Balaban J connectivity index is 1.45. The lowest BCUT2D eigenvalue weighted by Crippen LogP contribution is -2.41. The van der Waals surface area contributed by atoms with Crippen molar-refractivity contribution in [3.05, 3.63) is 41.7 Å². The molecule has 0 saturated carbocycles. The van der Waals surface area contributed by atoms with Crippen LogP contribution in [0.5, 0.6) is 0 Å². The Hall–Kier alpha value is -2.30. The smallest absolute Gasteiger partial charge is 0.243 e. The van der Waals surface area contributed by atoms with E-state index in [1.807, 2.05) is 0 Å². The van der Waals surface area contributed by atoms with E-state index in [2.05, 4.69) is 10.3 Å². The molecule has 0 aliphatic carbocycles. The summed E-state index contributed by atoms with van der Waals surface area (Å²) in [6.45, 7) is 3.37. The van der Waals surface area contributed by atoms with Crippen molar-refractivity contribution in [3.8, 4) is 0 Å². The summed E-state index contributed by atoms with van der Waals surface area (Å²) in [5.41, 5.74) is 1.45. The molecule has 3 heterocycles. The Bertz CT molecular complexity index is 938. The number of fused-ring (bicyclic) bond motifs is 1. The standard InChI is InChI=1S/C18H23N5O4S/c24-18(21-10-12-27-13-11-21)7-6-16-17-14-22(8-9-23(17)20-19-16)28(25,26)15-4-2-1-3-5-15/h1-5H,6-14H2. The molecule has 0 N–H and O–H groups in total. The van der Waals surface area contributed by atoms with E-state index in [0.29, 0.717) is 57.9 Å². The summed E-state index contributed by atoms with van der Waals surface area (Å²) in [6, 6.07) is 8.41. The minimum atomic E-state index is -3.57. The first-order chi connectivity index (χ1) is 13.6. The van der Waals surface area contributed by atoms with Crippen LogP contribution in [0, 0.1) is 0 Å². The number of aromatic nitrogens is 3. The average molecular weight is 405 g/mol. The molecule has 2 aliphatic heterocycles.